The summed E-state index contributed by atoms with van der Waals surface area (Å²) in [4.78, 5) is 12.2. The summed E-state index contributed by atoms with van der Waals surface area (Å²) in [7, 11) is 0. The van der Waals surface area contributed by atoms with Crippen molar-refractivity contribution >= 4 is 34.8 Å². The minimum absolute atomic E-state index is 0.108. The molecule has 0 spiro atoms. The van der Waals surface area contributed by atoms with Gasteiger partial charge in [-0.05, 0) is 36.4 Å². The summed E-state index contributed by atoms with van der Waals surface area (Å²) < 4.78 is 10.4. The quantitative estimate of drug-likeness (QED) is 0.913. The van der Waals surface area contributed by atoms with Gasteiger partial charge < -0.3 is 14.8 Å². The number of carbonyl (C=O) groups is 1. The van der Waals surface area contributed by atoms with Crippen LogP contribution < -0.4 is 14.8 Å². The van der Waals surface area contributed by atoms with E-state index in [4.69, 9.17) is 32.7 Å². The van der Waals surface area contributed by atoms with Crippen LogP contribution >= 0.6 is 23.2 Å². The molecule has 2 aromatic rings. The fourth-order valence-corrected chi connectivity index (χ4v) is 2.23. The average molecular weight is 310 g/mol. The molecule has 6 heteroatoms. The molecule has 1 amide bonds. The highest BCUT2D eigenvalue weighted by molar-refractivity contribution is 6.33. The molecule has 1 N–H and O–H groups in total. The number of benzene rings is 2. The molecular weight excluding hydrogens is 301 g/mol. The number of hydrogen-bond donors (Lipinski definition) is 1. The van der Waals surface area contributed by atoms with Gasteiger partial charge in [-0.2, -0.15) is 0 Å². The molecule has 20 heavy (non-hydrogen) atoms. The first-order valence-electron chi connectivity index (χ1n) is 5.79. The zero-order valence-corrected chi connectivity index (χ0v) is 11.7. The summed E-state index contributed by atoms with van der Waals surface area (Å²) in [5, 5.41) is 3.71. The van der Waals surface area contributed by atoms with E-state index in [1.165, 1.54) is 0 Å². The number of fused-ring (bicyclic) bond motifs is 1. The zero-order valence-electron chi connectivity index (χ0n) is 10.2. The van der Waals surface area contributed by atoms with Gasteiger partial charge in [-0.25, -0.2) is 0 Å². The van der Waals surface area contributed by atoms with Gasteiger partial charge in [-0.15, -0.1) is 0 Å². The van der Waals surface area contributed by atoms with Crippen LogP contribution in [0.4, 0.5) is 5.69 Å². The molecule has 1 heterocycles. The first kappa shape index (κ1) is 13.1. The molecule has 1 aliphatic heterocycles. The Morgan fingerprint density at radius 2 is 1.85 bits per heavy atom. The van der Waals surface area contributed by atoms with Crippen LogP contribution in [0.5, 0.6) is 11.5 Å². The van der Waals surface area contributed by atoms with Crippen LogP contribution in [0.25, 0.3) is 0 Å². The minimum atomic E-state index is -0.285. The number of anilines is 1. The maximum atomic E-state index is 12.2. The first-order chi connectivity index (χ1) is 9.63. The molecule has 0 aliphatic carbocycles. The lowest BCUT2D eigenvalue weighted by atomic mass is 10.2. The van der Waals surface area contributed by atoms with E-state index in [9.17, 15) is 4.79 Å². The lowest BCUT2D eigenvalue weighted by Gasteiger charge is -2.07. The van der Waals surface area contributed by atoms with Gasteiger partial charge in [0.2, 0.25) is 6.79 Å². The lowest BCUT2D eigenvalue weighted by molar-refractivity contribution is 0.102. The monoisotopic (exact) mass is 309 g/mol. The van der Waals surface area contributed by atoms with Gasteiger partial charge in [0.05, 0.1) is 5.02 Å². The summed E-state index contributed by atoms with van der Waals surface area (Å²) in [6.07, 6.45) is 0. The van der Waals surface area contributed by atoms with Crippen molar-refractivity contribution in [1.29, 1.82) is 0 Å². The Bertz CT molecular complexity index is 671. The van der Waals surface area contributed by atoms with Crippen LogP contribution in [0.3, 0.4) is 0 Å². The number of carbonyl (C=O) groups excluding carboxylic acids is 1. The number of nitrogens with one attached hydrogen (secondary N) is 1. The molecule has 1 aliphatic rings. The predicted octanol–water partition coefficient (Wildman–Crippen LogP) is 3.97. The number of ether oxygens (including phenoxy) is 2. The number of amides is 1. The fraction of sp³-hybridized carbons (Fsp3) is 0.0714. The van der Waals surface area contributed by atoms with Crippen molar-refractivity contribution < 1.29 is 14.3 Å². The summed E-state index contributed by atoms with van der Waals surface area (Å²) in [5.74, 6) is 0.654. The maximum Gasteiger partial charge on any atom is 0.255 e. The molecule has 4 nitrogen and oxygen atoms in total. The SMILES string of the molecule is O=C(Nc1ccc(Cl)cc1)c1cc(Cl)c2c(c1)OCO2. The van der Waals surface area contributed by atoms with Gasteiger partial charge in [0.25, 0.3) is 5.91 Å². The third-order valence-corrected chi connectivity index (χ3v) is 3.32. The van der Waals surface area contributed by atoms with Gasteiger partial charge in [-0.1, -0.05) is 23.2 Å². The summed E-state index contributed by atoms with van der Waals surface area (Å²) in [5.41, 5.74) is 1.04. The first-order valence-corrected chi connectivity index (χ1v) is 6.55. The van der Waals surface area contributed by atoms with E-state index < -0.39 is 0 Å². The van der Waals surface area contributed by atoms with Crippen molar-refractivity contribution in [3.63, 3.8) is 0 Å². The Morgan fingerprint density at radius 1 is 1.10 bits per heavy atom. The van der Waals surface area contributed by atoms with Crippen LogP contribution in [-0.2, 0) is 0 Å². The van der Waals surface area contributed by atoms with Gasteiger partial charge in [0.1, 0.15) is 0 Å². The van der Waals surface area contributed by atoms with Gasteiger partial charge >= 0.3 is 0 Å². The lowest BCUT2D eigenvalue weighted by Crippen LogP contribution is -2.11. The smallest absolute Gasteiger partial charge is 0.255 e. The Balaban J connectivity index is 1.84. The van der Waals surface area contributed by atoms with Crippen molar-refractivity contribution in [3.05, 3.63) is 52.0 Å². The zero-order chi connectivity index (χ0) is 14.1. The third-order valence-electron chi connectivity index (χ3n) is 2.79. The van der Waals surface area contributed by atoms with Crippen LogP contribution in [-0.4, -0.2) is 12.7 Å². The topological polar surface area (TPSA) is 47.6 Å². The van der Waals surface area contributed by atoms with E-state index >= 15 is 0 Å². The molecule has 3 rings (SSSR count). The molecule has 0 atom stereocenters. The van der Waals surface area contributed by atoms with Crippen LogP contribution in [0, 0.1) is 0 Å². The van der Waals surface area contributed by atoms with Gasteiger partial charge in [0.15, 0.2) is 11.5 Å². The Morgan fingerprint density at radius 3 is 2.60 bits per heavy atom. The highest BCUT2D eigenvalue weighted by Crippen LogP contribution is 2.39. The van der Waals surface area contributed by atoms with Crippen LogP contribution in [0.1, 0.15) is 10.4 Å². The molecule has 2 aromatic carbocycles. The maximum absolute atomic E-state index is 12.2. The average Bonchev–Trinajstić information content (AvgIpc) is 2.90. The van der Waals surface area contributed by atoms with Crippen molar-refractivity contribution in [2.24, 2.45) is 0 Å². The molecule has 0 saturated heterocycles. The van der Waals surface area contributed by atoms with E-state index in [2.05, 4.69) is 5.32 Å². The Kier molecular flexibility index (Phi) is 3.42. The molecule has 0 bridgehead atoms. The Hall–Kier alpha value is -1.91. The third kappa shape index (κ3) is 2.53. The van der Waals surface area contributed by atoms with Crippen LogP contribution in [0.2, 0.25) is 10.0 Å². The van der Waals surface area contributed by atoms with Crippen molar-refractivity contribution in [3.8, 4) is 11.5 Å². The summed E-state index contributed by atoms with van der Waals surface area (Å²) in [6, 6.07) is 9.97. The molecule has 0 unspecified atom stereocenters. The number of hydrogen-bond acceptors (Lipinski definition) is 3. The largest absolute Gasteiger partial charge is 0.454 e. The second-order valence-corrected chi connectivity index (χ2v) is 5.00. The van der Waals surface area contributed by atoms with E-state index in [1.807, 2.05) is 0 Å². The highest BCUT2D eigenvalue weighted by Gasteiger charge is 2.20. The van der Waals surface area contributed by atoms with Gasteiger partial charge in [-0.3, -0.25) is 4.79 Å². The van der Waals surface area contributed by atoms with Crippen molar-refractivity contribution in [1.82, 2.24) is 0 Å². The molecular formula is C14H9Cl2NO3. The van der Waals surface area contributed by atoms with E-state index in [-0.39, 0.29) is 12.7 Å². The molecule has 0 radical (unpaired) electrons. The molecule has 0 aromatic heterocycles. The van der Waals surface area contributed by atoms with E-state index in [1.54, 1.807) is 36.4 Å². The minimum Gasteiger partial charge on any atom is -0.454 e. The van der Waals surface area contributed by atoms with E-state index in [0.29, 0.717) is 32.8 Å². The van der Waals surface area contributed by atoms with Crippen molar-refractivity contribution in [2.75, 3.05) is 12.1 Å². The second kappa shape index (κ2) is 5.23. The molecule has 102 valence electrons. The van der Waals surface area contributed by atoms with Crippen LogP contribution in [0.15, 0.2) is 36.4 Å². The molecule has 0 saturated carbocycles. The number of halogens is 2. The summed E-state index contributed by atoms with van der Waals surface area (Å²) in [6.45, 7) is 0.108. The van der Waals surface area contributed by atoms with Gasteiger partial charge in [0, 0.05) is 16.3 Å². The number of rotatable bonds is 2. The molecule has 0 fully saturated rings. The Labute approximate surface area is 125 Å². The fourth-order valence-electron chi connectivity index (χ4n) is 1.83. The van der Waals surface area contributed by atoms with Crippen molar-refractivity contribution in [2.45, 2.75) is 0 Å². The standard InChI is InChI=1S/C14H9Cl2NO3/c15-9-1-3-10(4-2-9)17-14(18)8-5-11(16)13-12(6-8)19-7-20-13/h1-6H,7H2,(H,17,18). The van der Waals surface area contributed by atoms with E-state index in [0.717, 1.165) is 0 Å². The second-order valence-electron chi connectivity index (χ2n) is 4.15. The summed E-state index contributed by atoms with van der Waals surface area (Å²) >= 11 is 11.8. The predicted molar refractivity (Wildman–Crippen MR) is 77.0 cm³/mol. The normalized spacial score (nSPS) is 12.3. The highest BCUT2D eigenvalue weighted by atomic mass is 35.5.